The smallest absolute Gasteiger partial charge is 0.163 e. The van der Waals surface area contributed by atoms with Gasteiger partial charge in [0.05, 0.1) is 6.10 Å². The van der Waals surface area contributed by atoms with Gasteiger partial charge >= 0.3 is 0 Å². The fourth-order valence-corrected chi connectivity index (χ4v) is 3.37. The number of hydrogen-bond acceptors (Lipinski definition) is 2. The molecule has 0 spiro atoms. The minimum absolute atomic E-state index is 0.291. The SMILES string of the molecule is CC1CCCC(Oc2ccc3c(c2)CCCC3=O)C1. The van der Waals surface area contributed by atoms with Gasteiger partial charge in [-0.25, -0.2) is 0 Å². The van der Waals surface area contributed by atoms with Crippen LogP contribution in [0.15, 0.2) is 18.2 Å². The summed E-state index contributed by atoms with van der Waals surface area (Å²) < 4.78 is 6.12. The van der Waals surface area contributed by atoms with E-state index in [4.69, 9.17) is 4.74 Å². The van der Waals surface area contributed by atoms with Crippen LogP contribution in [0.2, 0.25) is 0 Å². The monoisotopic (exact) mass is 258 g/mol. The Balaban J connectivity index is 1.73. The molecule has 2 unspecified atom stereocenters. The summed E-state index contributed by atoms with van der Waals surface area (Å²) in [6.07, 6.45) is 7.99. The van der Waals surface area contributed by atoms with Crippen molar-refractivity contribution >= 4 is 5.78 Å². The van der Waals surface area contributed by atoms with Crippen molar-refractivity contribution in [2.24, 2.45) is 5.92 Å². The third-order valence-corrected chi connectivity index (χ3v) is 4.42. The van der Waals surface area contributed by atoms with E-state index >= 15 is 0 Å². The van der Waals surface area contributed by atoms with E-state index in [9.17, 15) is 4.79 Å². The van der Waals surface area contributed by atoms with E-state index in [0.717, 1.165) is 36.5 Å². The molecule has 0 saturated heterocycles. The van der Waals surface area contributed by atoms with Crippen molar-refractivity contribution in [2.45, 2.75) is 58.0 Å². The van der Waals surface area contributed by atoms with E-state index in [-0.39, 0.29) is 0 Å². The van der Waals surface area contributed by atoms with Crippen molar-refractivity contribution in [2.75, 3.05) is 0 Å². The summed E-state index contributed by atoms with van der Waals surface area (Å²) in [5.74, 6) is 2.02. The summed E-state index contributed by atoms with van der Waals surface area (Å²) in [7, 11) is 0. The minimum atomic E-state index is 0.291. The summed E-state index contributed by atoms with van der Waals surface area (Å²) in [6, 6.07) is 6.02. The number of carbonyl (C=O) groups is 1. The van der Waals surface area contributed by atoms with Crippen LogP contribution in [-0.4, -0.2) is 11.9 Å². The molecule has 102 valence electrons. The molecule has 0 aliphatic heterocycles. The van der Waals surface area contributed by atoms with Gasteiger partial charge in [-0.15, -0.1) is 0 Å². The van der Waals surface area contributed by atoms with Crippen LogP contribution >= 0.6 is 0 Å². The molecule has 0 bridgehead atoms. The third kappa shape index (κ3) is 2.83. The Morgan fingerprint density at radius 3 is 2.89 bits per heavy atom. The van der Waals surface area contributed by atoms with Crippen molar-refractivity contribution < 1.29 is 9.53 Å². The first-order valence-corrected chi connectivity index (χ1v) is 7.55. The lowest BCUT2D eigenvalue weighted by Crippen LogP contribution is -2.24. The molecule has 0 N–H and O–H groups in total. The zero-order valence-corrected chi connectivity index (χ0v) is 11.7. The first-order chi connectivity index (χ1) is 9.22. The molecule has 0 radical (unpaired) electrons. The van der Waals surface area contributed by atoms with E-state index in [2.05, 4.69) is 13.0 Å². The summed E-state index contributed by atoms with van der Waals surface area (Å²) in [5, 5.41) is 0. The maximum absolute atomic E-state index is 11.8. The molecule has 19 heavy (non-hydrogen) atoms. The topological polar surface area (TPSA) is 26.3 Å². The van der Waals surface area contributed by atoms with Gasteiger partial charge in [0.15, 0.2) is 5.78 Å². The molecule has 1 aromatic rings. The van der Waals surface area contributed by atoms with Crippen LogP contribution in [0.5, 0.6) is 5.75 Å². The van der Waals surface area contributed by atoms with Gasteiger partial charge in [-0.2, -0.15) is 0 Å². The minimum Gasteiger partial charge on any atom is -0.490 e. The van der Waals surface area contributed by atoms with Gasteiger partial charge in [-0.05, 0) is 61.8 Å². The summed E-state index contributed by atoms with van der Waals surface area (Å²) in [6.45, 7) is 2.31. The molecule has 3 rings (SSSR count). The molecule has 1 saturated carbocycles. The van der Waals surface area contributed by atoms with E-state index < -0.39 is 0 Å². The Hall–Kier alpha value is -1.31. The molecule has 2 heteroatoms. The normalized spacial score (nSPS) is 26.9. The highest BCUT2D eigenvalue weighted by atomic mass is 16.5. The van der Waals surface area contributed by atoms with Crippen molar-refractivity contribution in [3.05, 3.63) is 29.3 Å². The summed E-state index contributed by atoms with van der Waals surface area (Å²) in [5.41, 5.74) is 2.09. The first kappa shape index (κ1) is 12.7. The molecular weight excluding hydrogens is 236 g/mol. The zero-order chi connectivity index (χ0) is 13.2. The standard InChI is InChI=1S/C17H22O2/c1-12-4-2-6-14(10-12)19-15-8-9-16-13(11-15)5-3-7-17(16)18/h8-9,11-12,14H,2-7,10H2,1H3. The van der Waals surface area contributed by atoms with E-state index in [1.807, 2.05) is 12.1 Å². The predicted molar refractivity (Wildman–Crippen MR) is 75.8 cm³/mol. The summed E-state index contributed by atoms with van der Waals surface area (Å²) >= 11 is 0. The van der Waals surface area contributed by atoms with Crippen LogP contribution < -0.4 is 4.74 Å². The zero-order valence-electron chi connectivity index (χ0n) is 11.7. The van der Waals surface area contributed by atoms with Crippen LogP contribution in [0.4, 0.5) is 0 Å². The van der Waals surface area contributed by atoms with Gasteiger partial charge in [0, 0.05) is 12.0 Å². The highest BCUT2D eigenvalue weighted by Crippen LogP contribution is 2.30. The van der Waals surface area contributed by atoms with Gasteiger partial charge in [-0.3, -0.25) is 4.79 Å². The number of carbonyl (C=O) groups excluding carboxylic acids is 1. The molecule has 2 nitrogen and oxygen atoms in total. The lowest BCUT2D eigenvalue weighted by molar-refractivity contribution is 0.0972. The molecule has 0 aromatic heterocycles. The van der Waals surface area contributed by atoms with Crippen LogP contribution in [0.25, 0.3) is 0 Å². The van der Waals surface area contributed by atoms with Crippen molar-refractivity contribution in [3.63, 3.8) is 0 Å². The van der Waals surface area contributed by atoms with Crippen molar-refractivity contribution in [3.8, 4) is 5.75 Å². The molecular formula is C17H22O2. The lowest BCUT2D eigenvalue weighted by atomic mass is 9.88. The number of Topliss-reactive ketones (excluding diaryl/α,β-unsaturated/α-hetero) is 1. The maximum atomic E-state index is 11.8. The second-order valence-electron chi connectivity index (χ2n) is 6.11. The number of hydrogen-bond donors (Lipinski definition) is 0. The average molecular weight is 258 g/mol. The van der Waals surface area contributed by atoms with Gasteiger partial charge in [0.1, 0.15) is 5.75 Å². The quantitative estimate of drug-likeness (QED) is 0.796. The number of rotatable bonds is 2. The Bertz CT molecular complexity index is 478. The highest BCUT2D eigenvalue weighted by Gasteiger charge is 2.22. The predicted octanol–water partition coefficient (Wildman–Crippen LogP) is 4.16. The van der Waals surface area contributed by atoms with Crippen molar-refractivity contribution in [1.82, 2.24) is 0 Å². The summed E-state index contributed by atoms with van der Waals surface area (Å²) in [4.78, 5) is 11.8. The molecule has 2 aliphatic rings. The van der Waals surface area contributed by atoms with Gasteiger partial charge in [-0.1, -0.05) is 13.3 Å². The number of benzene rings is 1. The van der Waals surface area contributed by atoms with Gasteiger partial charge in [0.25, 0.3) is 0 Å². The maximum Gasteiger partial charge on any atom is 0.163 e. The molecule has 0 heterocycles. The molecule has 2 aliphatic carbocycles. The second kappa shape index (κ2) is 5.36. The Kier molecular flexibility index (Phi) is 3.58. The first-order valence-electron chi connectivity index (χ1n) is 7.55. The fourth-order valence-electron chi connectivity index (χ4n) is 3.37. The largest absolute Gasteiger partial charge is 0.490 e. The molecule has 1 aromatic carbocycles. The van der Waals surface area contributed by atoms with Crippen LogP contribution in [0.3, 0.4) is 0 Å². The van der Waals surface area contributed by atoms with Crippen LogP contribution in [-0.2, 0) is 6.42 Å². The number of ketones is 1. The number of ether oxygens (including phenoxy) is 1. The molecule has 1 fully saturated rings. The van der Waals surface area contributed by atoms with E-state index in [0.29, 0.717) is 18.3 Å². The Morgan fingerprint density at radius 2 is 2.05 bits per heavy atom. The second-order valence-corrected chi connectivity index (χ2v) is 6.11. The third-order valence-electron chi connectivity index (χ3n) is 4.42. The van der Waals surface area contributed by atoms with Crippen LogP contribution in [0, 0.1) is 5.92 Å². The average Bonchev–Trinajstić information content (AvgIpc) is 2.39. The number of aryl methyl sites for hydroxylation is 1. The van der Waals surface area contributed by atoms with Crippen LogP contribution in [0.1, 0.15) is 61.4 Å². The highest BCUT2D eigenvalue weighted by molar-refractivity contribution is 5.98. The van der Waals surface area contributed by atoms with Gasteiger partial charge < -0.3 is 4.74 Å². The Labute approximate surface area is 115 Å². The fraction of sp³-hybridized carbons (Fsp3) is 0.588. The number of fused-ring (bicyclic) bond motifs is 1. The Morgan fingerprint density at radius 1 is 1.16 bits per heavy atom. The lowest BCUT2D eigenvalue weighted by Gasteiger charge is -2.28. The molecule has 2 atom stereocenters. The van der Waals surface area contributed by atoms with E-state index in [1.165, 1.54) is 24.8 Å². The van der Waals surface area contributed by atoms with E-state index in [1.54, 1.807) is 0 Å². The molecule has 0 amide bonds. The van der Waals surface area contributed by atoms with Crippen molar-refractivity contribution in [1.29, 1.82) is 0 Å². The van der Waals surface area contributed by atoms with Gasteiger partial charge in [0.2, 0.25) is 0 Å².